The maximum Gasteiger partial charge on any atom is 0.257 e. The number of aromatic amines is 1. The zero-order valence-corrected chi connectivity index (χ0v) is 14.0. The Morgan fingerprint density at radius 2 is 1.72 bits per heavy atom. The average Bonchev–Trinajstić information content (AvgIpc) is 2.66. The van der Waals surface area contributed by atoms with Gasteiger partial charge in [0.15, 0.2) is 0 Å². The van der Waals surface area contributed by atoms with Crippen LogP contribution in [0.25, 0.3) is 10.9 Å². The van der Waals surface area contributed by atoms with Gasteiger partial charge < -0.3 is 19.8 Å². The van der Waals surface area contributed by atoms with E-state index in [-0.39, 0.29) is 11.0 Å². The van der Waals surface area contributed by atoms with Crippen molar-refractivity contribution in [1.82, 2.24) is 10.3 Å². The molecule has 2 aromatic carbocycles. The Kier molecular flexibility index (Phi) is 4.70. The molecule has 128 valence electrons. The molecule has 0 saturated heterocycles. The van der Waals surface area contributed by atoms with Crippen LogP contribution in [0.4, 0.5) is 0 Å². The molecule has 0 fully saturated rings. The molecule has 0 aliphatic heterocycles. The summed E-state index contributed by atoms with van der Waals surface area (Å²) in [6.45, 7) is 0.318. The third-order valence-corrected chi connectivity index (χ3v) is 3.94. The van der Waals surface area contributed by atoms with Gasteiger partial charge in [0.2, 0.25) is 5.43 Å². The molecule has 0 radical (unpaired) electrons. The highest BCUT2D eigenvalue weighted by Gasteiger charge is 2.13. The number of fused-ring (bicyclic) bond motifs is 1. The van der Waals surface area contributed by atoms with E-state index in [2.05, 4.69) is 10.3 Å². The van der Waals surface area contributed by atoms with Crippen LogP contribution in [0.5, 0.6) is 11.5 Å². The van der Waals surface area contributed by atoms with E-state index >= 15 is 0 Å². The van der Waals surface area contributed by atoms with Gasteiger partial charge in [0.1, 0.15) is 17.1 Å². The van der Waals surface area contributed by atoms with E-state index in [0.29, 0.717) is 23.2 Å². The highest BCUT2D eigenvalue weighted by molar-refractivity contribution is 5.97. The molecule has 0 aliphatic rings. The largest absolute Gasteiger partial charge is 0.497 e. The number of ether oxygens (including phenoxy) is 2. The molecule has 0 aliphatic carbocycles. The standard InChI is InChI=1S/C19H18N2O4/c1-24-13-5-3-12(4-6-13)10-21-19(23)16-11-20-17-8-7-14(25-2)9-15(17)18(16)22/h3-9,11H,10H2,1-2H3,(H,20,22)(H,21,23). The summed E-state index contributed by atoms with van der Waals surface area (Å²) >= 11 is 0. The highest BCUT2D eigenvalue weighted by Crippen LogP contribution is 2.17. The molecule has 0 saturated carbocycles. The number of carbonyl (C=O) groups is 1. The number of methoxy groups -OCH3 is 2. The zero-order chi connectivity index (χ0) is 17.8. The zero-order valence-electron chi connectivity index (χ0n) is 14.0. The summed E-state index contributed by atoms with van der Waals surface area (Å²) in [5.74, 6) is 0.880. The molecule has 25 heavy (non-hydrogen) atoms. The molecular formula is C19H18N2O4. The second-order valence-electron chi connectivity index (χ2n) is 5.47. The molecule has 0 unspecified atom stereocenters. The number of amides is 1. The lowest BCUT2D eigenvalue weighted by atomic mass is 10.1. The fraction of sp³-hybridized carbons (Fsp3) is 0.158. The van der Waals surface area contributed by atoms with Gasteiger partial charge in [-0.25, -0.2) is 0 Å². The molecule has 6 heteroatoms. The maximum absolute atomic E-state index is 12.6. The minimum Gasteiger partial charge on any atom is -0.497 e. The van der Waals surface area contributed by atoms with E-state index in [0.717, 1.165) is 11.3 Å². The lowest BCUT2D eigenvalue weighted by molar-refractivity contribution is 0.0949. The van der Waals surface area contributed by atoms with Crippen LogP contribution in [-0.2, 0) is 6.54 Å². The first kappa shape index (κ1) is 16.6. The normalized spacial score (nSPS) is 10.5. The molecule has 1 heterocycles. The van der Waals surface area contributed by atoms with Crippen molar-refractivity contribution in [3.05, 3.63) is 70.0 Å². The Balaban J connectivity index is 1.81. The predicted octanol–water partition coefficient (Wildman–Crippen LogP) is 2.48. The van der Waals surface area contributed by atoms with Crippen molar-refractivity contribution in [1.29, 1.82) is 0 Å². The van der Waals surface area contributed by atoms with Crippen LogP contribution >= 0.6 is 0 Å². The number of hydrogen-bond acceptors (Lipinski definition) is 4. The Bertz CT molecular complexity index is 961. The smallest absolute Gasteiger partial charge is 0.257 e. The lowest BCUT2D eigenvalue weighted by Crippen LogP contribution is -2.28. The van der Waals surface area contributed by atoms with Crippen LogP contribution in [0.1, 0.15) is 15.9 Å². The van der Waals surface area contributed by atoms with Gasteiger partial charge >= 0.3 is 0 Å². The monoisotopic (exact) mass is 338 g/mol. The summed E-state index contributed by atoms with van der Waals surface area (Å²) in [6.07, 6.45) is 1.43. The molecule has 2 N–H and O–H groups in total. The second-order valence-corrected chi connectivity index (χ2v) is 5.47. The Hall–Kier alpha value is -3.28. The summed E-state index contributed by atoms with van der Waals surface area (Å²) in [6, 6.07) is 12.5. The lowest BCUT2D eigenvalue weighted by Gasteiger charge is -2.07. The molecule has 1 aromatic heterocycles. The number of H-pyrrole nitrogens is 1. The van der Waals surface area contributed by atoms with Crippen LogP contribution in [0.15, 0.2) is 53.5 Å². The van der Waals surface area contributed by atoms with E-state index in [1.165, 1.54) is 13.3 Å². The minimum absolute atomic E-state index is 0.0641. The molecule has 0 atom stereocenters. The van der Waals surface area contributed by atoms with Gasteiger partial charge in [0, 0.05) is 23.6 Å². The Morgan fingerprint density at radius 1 is 1.04 bits per heavy atom. The summed E-state index contributed by atoms with van der Waals surface area (Å²) in [4.78, 5) is 27.9. The van der Waals surface area contributed by atoms with Crippen molar-refractivity contribution in [2.24, 2.45) is 0 Å². The predicted molar refractivity (Wildman–Crippen MR) is 95.3 cm³/mol. The SMILES string of the molecule is COc1ccc(CNC(=O)c2c[nH]c3ccc(OC)cc3c2=O)cc1. The molecule has 3 aromatic rings. The Labute approximate surface area is 144 Å². The van der Waals surface area contributed by atoms with Crippen molar-refractivity contribution < 1.29 is 14.3 Å². The second kappa shape index (κ2) is 7.09. The van der Waals surface area contributed by atoms with Gasteiger partial charge in [-0.1, -0.05) is 12.1 Å². The van der Waals surface area contributed by atoms with Crippen LogP contribution in [0.2, 0.25) is 0 Å². The first-order chi connectivity index (χ1) is 12.1. The van der Waals surface area contributed by atoms with Gasteiger partial charge in [-0.15, -0.1) is 0 Å². The first-order valence-corrected chi connectivity index (χ1v) is 7.73. The maximum atomic E-state index is 12.6. The molecular weight excluding hydrogens is 320 g/mol. The number of hydrogen-bond donors (Lipinski definition) is 2. The van der Waals surface area contributed by atoms with Crippen molar-refractivity contribution in [3.8, 4) is 11.5 Å². The van der Waals surface area contributed by atoms with Gasteiger partial charge in [0.25, 0.3) is 5.91 Å². The van der Waals surface area contributed by atoms with E-state index in [4.69, 9.17) is 9.47 Å². The average molecular weight is 338 g/mol. The molecule has 0 spiro atoms. The third-order valence-electron chi connectivity index (χ3n) is 3.94. The topological polar surface area (TPSA) is 80.4 Å². The summed E-state index contributed by atoms with van der Waals surface area (Å²) in [7, 11) is 3.12. The van der Waals surface area contributed by atoms with E-state index in [9.17, 15) is 9.59 Å². The van der Waals surface area contributed by atoms with Crippen molar-refractivity contribution >= 4 is 16.8 Å². The quantitative estimate of drug-likeness (QED) is 0.749. The van der Waals surface area contributed by atoms with E-state index < -0.39 is 5.91 Å². The number of nitrogens with one attached hydrogen (secondary N) is 2. The number of benzene rings is 2. The number of rotatable bonds is 5. The Morgan fingerprint density at radius 3 is 2.40 bits per heavy atom. The van der Waals surface area contributed by atoms with Gasteiger partial charge in [0.05, 0.1) is 14.2 Å². The fourth-order valence-corrected chi connectivity index (χ4v) is 2.51. The number of pyridine rings is 1. The van der Waals surface area contributed by atoms with Crippen LogP contribution in [0, 0.1) is 0 Å². The third kappa shape index (κ3) is 3.47. The van der Waals surface area contributed by atoms with Gasteiger partial charge in [-0.3, -0.25) is 9.59 Å². The minimum atomic E-state index is -0.429. The van der Waals surface area contributed by atoms with Crippen LogP contribution < -0.4 is 20.2 Å². The van der Waals surface area contributed by atoms with E-state index in [1.54, 1.807) is 25.3 Å². The number of carbonyl (C=O) groups excluding carboxylic acids is 1. The van der Waals surface area contributed by atoms with Crippen LogP contribution in [-0.4, -0.2) is 25.1 Å². The van der Waals surface area contributed by atoms with Crippen molar-refractivity contribution in [2.75, 3.05) is 14.2 Å². The highest BCUT2D eigenvalue weighted by atomic mass is 16.5. The number of aromatic nitrogens is 1. The summed E-state index contributed by atoms with van der Waals surface area (Å²) in [5, 5.41) is 3.17. The van der Waals surface area contributed by atoms with Crippen LogP contribution in [0.3, 0.4) is 0 Å². The van der Waals surface area contributed by atoms with Gasteiger partial charge in [-0.05, 0) is 35.9 Å². The molecule has 3 rings (SSSR count). The first-order valence-electron chi connectivity index (χ1n) is 7.73. The fourth-order valence-electron chi connectivity index (χ4n) is 2.51. The van der Waals surface area contributed by atoms with Gasteiger partial charge in [-0.2, -0.15) is 0 Å². The molecule has 1 amide bonds. The molecule has 6 nitrogen and oxygen atoms in total. The summed E-state index contributed by atoms with van der Waals surface area (Å²) < 4.78 is 10.2. The van der Waals surface area contributed by atoms with Crippen molar-refractivity contribution in [2.45, 2.75) is 6.54 Å². The molecule has 0 bridgehead atoms. The van der Waals surface area contributed by atoms with E-state index in [1.807, 2.05) is 24.3 Å². The summed E-state index contributed by atoms with van der Waals surface area (Å²) in [5.41, 5.74) is 1.29. The van der Waals surface area contributed by atoms with Crippen molar-refractivity contribution in [3.63, 3.8) is 0 Å².